The van der Waals surface area contributed by atoms with Crippen molar-refractivity contribution in [3.05, 3.63) is 104 Å². The molecule has 0 saturated heterocycles. The summed E-state index contributed by atoms with van der Waals surface area (Å²) >= 11 is -1.51. The second-order valence-corrected chi connectivity index (χ2v) is 13.1. The molecule has 0 spiro atoms. The number of benzene rings is 3. The first-order valence-corrected chi connectivity index (χ1v) is 14.7. The van der Waals surface area contributed by atoms with Crippen LogP contribution in [-0.2, 0) is 4.74 Å². The van der Waals surface area contributed by atoms with Gasteiger partial charge >= 0.3 is 206 Å². The summed E-state index contributed by atoms with van der Waals surface area (Å²) in [6.45, 7) is 2.56. The molecule has 3 aromatic carbocycles. The van der Waals surface area contributed by atoms with Crippen LogP contribution in [0.4, 0.5) is 0 Å². The van der Waals surface area contributed by atoms with E-state index in [0.717, 1.165) is 18.6 Å². The molecule has 1 N–H and O–H groups in total. The van der Waals surface area contributed by atoms with Gasteiger partial charge < -0.3 is 0 Å². The van der Waals surface area contributed by atoms with Crippen molar-refractivity contribution < 1.29 is 14.6 Å². The summed E-state index contributed by atoms with van der Waals surface area (Å²) in [5, 5.41) is 11.5. The Labute approximate surface area is 205 Å². The third-order valence-corrected chi connectivity index (χ3v) is 10.4. The van der Waals surface area contributed by atoms with E-state index in [4.69, 9.17) is 9.47 Å². The molecule has 0 amide bonds. The minimum atomic E-state index is -0.757. The molecule has 1 atom stereocenters. The molecular formula is C26H26O3Te2. The maximum atomic E-state index is 11.5. The summed E-state index contributed by atoms with van der Waals surface area (Å²) in [5.74, 6) is 0.826. The van der Waals surface area contributed by atoms with Gasteiger partial charge in [-0.2, -0.15) is 0 Å². The Morgan fingerprint density at radius 3 is 1.90 bits per heavy atom. The van der Waals surface area contributed by atoms with Gasteiger partial charge in [-0.3, -0.25) is 0 Å². The molecule has 31 heavy (non-hydrogen) atoms. The first kappa shape index (κ1) is 23.9. The van der Waals surface area contributed by atoms with Crippen LogP contribution in [0.1, 0.15) is 12.5 Å². The van der Waals surface area contributed by atoms with E-state index in [-0.39, 0.29) is 0 Å². The van der Waals surface area contributed by atoms with Gasteiger partial charge in [-0.15, -0.1) is 0 Å². The Morgan fingerprint density at radius 1 is 0.839 bits per heavy atom. The van der Waals surface area contributed by atoms with E-state index in [1.54, 1.807) is 13.4 Å². The Bertz CT molecular complexity index is 984. The topological polar surface area (TPSA) is 38.7 Å². The van der Waals surface area contributed by atoms with Crippen LogP contribution in [0.2, 0.25) is 0 Å². The van der Waals surface area contributed by atoms with Gasteiger partial charge in [-0.05, 0) is 0 Å². The summed E-state index contributed by atoms with van der Waals surface area (Å²) in [4.78, 5) is 0. The SMILES string of the molecule is CCO/C=C(\[Te]c1ccccc1)C(O)/C(=C\c1ccc(OC)cc1)[Te]c1ccccc1. The molecular weight excluding hydrogens is 615 g/mol. The average molecular weight is 642 g/mol. The first-order valence-electron chi connectivity index (χ1n) is 10.0. The molecule has 160 valence electrons. The Morgan fingerprint density at radius 2 is 1.39 bits per heavy atom. The standard InChI is InChI=1S/C26H26O3Te2/c1-3-29-19-25(31-23-12-8-5-9-13-23)26(27)24(30-22-10-6-4-7-11-22)18-20-14-16-21(28-2)17-15-20/h4-19,26-27H,3H2,1-2H3/b24-18+,25-19-. The van der Waals surface area contributed by atoms with E-state index in [2.05, 4.69) is 54.6 Å². The molecule has 3 nitrogen and oxygen atoms in total. The molecule has 3 rings (SSSR count). The fourth-order valence-electron chi connectivity index (χ4n) is 2.73. The zero-order valence-corrected chi connectivity index (χ0v) is 22.3. The normalized spacial score (nSPS) is 13.0. The van der Waals surface area contributed by atoms with Crippen molar-refractivity contribution in [2.75, 3.05) is 13.7 Å². The number of hydrogen-bond donors (Lipinski definition) is 1. The maximum absolute atomic E-state index is 11.5. The van der Waals surface area contributed by atoms with Crippen molar-refractivity contribution in [2.24, 2.45) is 0 Å². The third kappa shape index (κ3) is 7.73. The second kappa shape index (κ2) is 13.0. The van der Waals surface area contributed by atoms with E-state index in [1.807, 2.05) is 43.3 Å². The number of ether oxygens (including phenoxy) is 2. The number of hydrogen-bond acceptors (Lipinski definition) is 3. The number of rotatable bonds is 10. The molecule has 0 bridgehead atoms. The van der Waals surface area contributed by atoms with Crippen LogP contribution < -0.4 is 12.0 Å². The van der Waals surface area contributed by atoms with Crippen molar-refractivity contribution in [3.63, 3.8) is 0 Å². The summed E-state index contributed by atoms with van der Waals surface area (Å²) in [6.07, 6.45) is 3.29. The Hall–Kier alpha value is -1.72. The van der Waals surface area contributed by atoms with Gasteiger partial charge in [0.05, 0.1) is 0 Å². The molecule has 0 aliphatic carbocycles. The van der Waals surface area contributed by atoms with Crippen LogP contribution >= 0.6 is 0 Å². The predicted molar refractivity (Wildman–Crippen MR) is 130 cm³/mol. The van der Waals surface area contributed by atoms with Crippen molar-refractivity contribution in [3.8, 4) is 5.75 Å². The van der Waals surface area contributed by atoms with Crippen molar-refractivity contribution in [1.29, 1.82) is 0 Å². The number of aliphatic hydroxyl groups is 1. The van der Waals surface area contributed by atoms with Gasteiger partial charge in [0.25, 0.3) is 0 Å². The third-order valence-electron chi connectivity index (χ3n) is 4.29. The monoisotopic (exact) mass is 646 g/mol. The van der Waals surface area contributed by atoms with E-state index >= 15 is 0 Å². The van der Waals surface area contributed by atoms with Gasteiger partial charge in [-0.1, -0.05) is 0 Å². The minimum absolute atomic E-state index is 0.588. The number of aliphatic hydroxyl groups excluding tert-OH is 1. The molecule has 0 fully saturated rings. The van der Waals surface area contributed by atoms with Crippen LogP contribution in [0.5, 0.6) is 5.75 Å². The van der Waals surface area contributed by atoms with Crippen LogP contribution in [0.25, 0.3) is 6.08 Å². The van der Waals surface area contributed by atoms with Crippen molar-refractivity contribution in [2.45, 2.75) is 13.0 Å². The number of methoxy groups -OCH3 is 1. The van der Waals surface area contributed by atoms with Gasteiger partial charge in [0, 0.05) is 0 Å². The Balaban J connectivity index is 1.94. The Kier molecular flexibility index (Phi) is 10.0. The fourth-order valence-corrected chi connectivity index (χ4v) is 8.93. The van der Waals surface area contributed by atoms with Crippen LogP contribution in [-0.4, -0.2) is 66.8 Å². The van der Waals surface area contributed by atoms with Crippen LogP contribution in [0.3, 0.4) is 0 Å². The first-order chi connectivity index (χ1) is 15.2. The van der Waals surface area contributed by atoms with Crippen LogP contribution in [0, 0.1) is 0 Å². The zero-order chi connectivity index (χ0) is 21.9. The van der Waals surface area contributed by atoms with Crippen molar-refractivity contribution >= 4 is 55.1 Å². The van der Waals surface area contributed by atoms with E-state index in [0.29, 0.717) is 6.61 Å². The summed E-state index contributed by atoms with van der Waals surface area (Å²) in [5.41, 5.74) is 1.06. The van der Waals surface area contributed by atoms with Crippen molar-refractivity contribution in [1.82, 2.24) is 0 Å². The van der Waals surface area contributed by atoms with E-state index < -0.39 is 48.0 Å². The molecule has 3 aromatic rings. The second-order valence-electron chi connectivity index (χ2n) is 6.53. The molecule has 0 heterocycles. The molecule has 1 unspecified atom stereocenters. The van der Waals surface area contributed by atoms with Gasteiger partial charge in [0.2, 0.25) is 0 Å². The fraction of sp³-hybridized carbons (Fsp3) is 0.154. The zero-order valence-electron chi connectivity index (χ0n) is 17.6. The van der Waals surface area contributed by atoms with E-state index in [9.17, 15) is 5.11 Å². The molecule has 0 aromatic heterocycles. The van der Waals surface area contributed by atoms with E-state index in [1.165, 1.54) is 7.22 Å². The average Bonchev–Trinajstić information content (AvgIpc) is 2.82. The summed E-state index contributed by atoms with van der Waals surface area (Å²) in [6, 6.07) is 28.8. The predicted octanol–water partition coefficient (Wildman–Crippen LogP) is 3.33. The quantitative estimate of drug-likeness (QED) is 0.273. The molecule has 0 aliphatic rings. The van der Waals surface area contributed by atoms with Gasteiger partial charge in [0.1, 0.15) is 0 Å². The molecule has 5 heteroatoms. The van der Waals surface area contributed by atoms with Gasteiger partial charge in [-0.25, -0.2) is 0 Å². The molecule has 0 radical (unpaired) electrons. The summed E-state index contributed by atoms with van der Waals surface area (Å²) in [7, 11) is 1.67. The van der Waals surface area contributed by atoms with Crippen LogP contribution in [0.15, 0.2) is 98.4 Å². The molecule has 0 saturated carbocycles. The van der Waals surface area contributed by atoms with Gasteiger partial charge in [0.15, 0.2) is 0 Å². The summed E-state index contributed by atoms with van der Waals surface area (Å²) < 4.78 is 15.6. The molecule has 0 aliphatic heterocycles.